The number of nitrogens with zero attached hydrogens (tertiary/aromatic N) is 4. The Morgan fingerprint density at radius 1 is 0.583 bits per heavy atom. The van der Waals surface area contributed by atoms with E-state index in [0.717, 1.165) is 18.2 Å². The van der Waals surface area contributed by atoms with Crippen molar-refractivity contribution in [2.75, 3.05) is 0 Å². The molecule has 1 atom stereocenters. The predicted molar refractivity (Wildman–Crippen MR) is 163 cm³/mol. The lowest BCUT2D eigenvalue weighted by Crippen LogP contribution is -2.23. The van der Waals surface area contributed by atoms with Crippen LogP contribution >= 0.6 is 0 Å². The van der Waals surface area contributed by atoms with E-state index in [0.29, 0.717) is 65.9 Å². The van der Waals surface area contributed by atoms with Crippen molar-refractivity contribution in [3.8, 4) is 23.5 Å². The molecule has 0 bridgehead atoms. The van der Waals surface area contributed by atoms with Crippen molar-refractivity contribution in [2.45, 2.75) is 24.9 Å². The van der Waals surface area contributed by atoms with Crippen molar-refractivity contribution < 1.29 is 35.1 Å². The second-order valence-electron chi connectivity index (χ2n) is 11.3. The van der Waals surface area contributed by atoms with E-state index >= 15 is 0 Å². The molecule has 0 N–H and O–H groups in total. The van der Waals surface area contributed by atoms with E-state index in [1.54, 1.807) is 60.9 Å². The molecule has 6 aromatic rings. The summed E-state index contributed by atoms with van der Waals surface area (Å²) in [5, 5.41) is 24.3. The number of benzene rings is 4. The molecule has 12 heteroatoms. The topological polar surface area (TPSA) is 72.3 Å². The van der Waals surface area contributed by atoms with Crippen LogP contribution in [-0.2, 0) is 6.18 Å². The lowest BCUT2D eigenvalue weighted by Gasteiger charge is -2.21. The summed E-state index contributed by atoms with van der Waals surface area (Å²) in [5.74, 6) is -1.43. The molecule has 1 aliphatic rings. The molecule has 0 heterocycles. The van der Waals surface area contributed by atoms with Gasteiger partial charge in [0.15, 0.2) is 0 Å². The molecular weight excluding hydrogens is 640 g/mol. The number of halogens is 8. The summed E-state index contributed by atoms with van der Waals surface area (Å²) in [6, 6.07) is 16.0. The van der Waals surface area contributed by atoms with Crippen LogP contribution in [0.2, 0.25) is 0 Å². The van der Waals surface area contributed by atoms with Crippen LogP contribution in [0.25, 0.3) is 59.8 Å². The van der Waals surface area contributed by atoms with Crippen molar-refractivity contribution >= 4 is 48.7 Å². The lowest BCUT2D eigenvalue weighted by atomic mass is 9.91. The van der Waals surface area contributed by atoms with E-state index in [1.165, 1.54) is 6.08 Å². The second-order valence-corrected chi connectivity index (χ2v) is 11.3. The van der Waals surface area contributed by atoms with Gasteiger partial charge in [-0.05, 0) is 80.2 Å². The van der Waals surface area contributed by atoms with Crippen molar-refractivity contribution in [1.82, 2.24) is 0 Å². The summed E-state index contributed by atoms with van der Waals surface area (Å²) in [5.41, 5.74) is -1.27. The molecule has 48 heavy (non-hydrogen) atoms. The van der Waals surface area contributed by atoms with Crippen molar-refractivity contribution in [1.29, 1.82) is 10.5 Å². The van der Waals surface area contributed by atoms with Gasteiger partial charge >= 0.3 is 12.4 Å². The lowest BCUT2D eigenvalue weighted by molar-refractivity contribution is -0.140. The first-order valence-electron chi connectivity index (χ1n) is 14.2. The predicted octanol–water partition coefficient (Wildman–Crippen LogP) is 9.38. The van der Waals surface area contributed by atoms with Gasteiger partial charge < -0.3 is 0 Å². The zero-order chi connectivity index (χ0) is 34.1. The first-order valence-corrected chi connectivity index (χ1v) is 14.2. The van der Waals surface area contributed by atoms with Crippen LogP contribution in [0.4, 0.5) is 35.1 Å². The fourth-order valence-electron chi connectivity index (χ4n) is 6.47. The Hall–Kier alpha value is -5.88. The number of hydrogen-bond acceptors (Lipinski definition) is 4. The Morgan fingerprint density at radius 2 is 1.08 bits per heavy atom. The maximum atomic E-state index is 14.5. The highest BCUT2D eigenvalue weighted by Gasteiger charge is 2.40. The zero-order valence-corrected chi connectivity index (χ0v) is 24.1. The molecule has 7 rings (SSSR count). The zero-order valence-electron chi connectivity index (χ0n) is 24.1. The van der Waals surface area contributed by atoms with Crippen LogP contribution < -0.4 is 10.7 Å². The highest BCUT2D eigenvalue weighted by molar-refractivity contribution is 6.21. The maximum Gasteiger partial charge on any atom is 0.419 e. The number of fused-ring (bicyclic) bond motifs is 6. The summed E-state index contributed by atoms with van der Waals surface area (Å²) >= 11 is 0. The standard InChI is InChI=1S/C36H16F8N4/c37-31-11-19(3-7-29(31)35(39,40)41)17-1-5-21-23-13-28-24(14-27(23)33(47-15-45)25(21)9-17)22-6-2-18(10-26(22)34(28)48-16-46)20-4-8-30(32(38)12-20)36(42,43)44/h1-11,13-14,32H,12H2. The van der Waals surface area contributed by atoms with Gasteiger partial charge in [-0.15, -0.1) is 0 Å². The van der Waals surface area contributed by atoms with Gasteiger partial charge in [0.2, 0.25) is 12.4 Å². The van der Waals surface area contributed by atoms with Gasteiger partial charge in [-0.1, -0.05) is 42.5 Å². The molecule has 0 saturated heterocycles. The van der Waals surface area contributed by atoms with Crippen LogP contribution in [0.5, 0.6) is 0 Å². The normalized spacial score (nSPS) is 16.5. The highest BCUT2D eigenvalue weighted by atomic mass is 19.4. The molecule has 6 aromatic carbocycles. The summed E-state index contributed by atoms with van der Waals surface area (Å²) in [6.07, 6.45) is -6.83. The maximum absolute atomic E-state index is 14.5. The number of rotatable bonds is 2. The average Bonchev–Trinajstić information content (AvgIpc) is 3.49. The van der Waals surface area contributed by atoms with Crippen LogP contribution in [0.1, 0.15) is 17.5 Å². The number of alkyl halides is 7. The number of allylic oxidation sites excluding steroid dienone is 4. The Kier molecular flexibility index (Phi) is 6.95. The molecule has 0 radical (unpaired) electrons. The van der Waals surface area contributed by atoms with Crippen molar-refractivity contribution in [2.24, 2.45) is 9.98 Å². The van der Waals surface area contributed by atoms with Gasteiger partial charge in [-0.3, -0.25) is 0 Å². The molecule has 0 saturated carbocycles. The van der Waals surface area contributed by atoms with E-state index < -0.39 is 41.9 Å². The van der Waals surface area contributed by atoms with Gasteiger partial charge in [0.1, 0.15) is 12.0 Å². The largest absolute Gasteiger partial charge is 0.419 e. The third-order valence-corrected chi connectivity index (χ3v) is 8.63. The molecule has 0 aromatic heterocycles. The molecular formula is C36H16F8N4. The quantitative estimate of drug-likeness (QED) is 0.138. The van der Waals surface area contributed by atoms with E-state index in [1.807, 2.05) is 0 Å². The minimum atomic E-state index is -4.86. The summed E-state index contributed by atoms with van der Waals surface area (Å²) in [7, 11) is 0. The fourth-order valence-corrected chi connectivity index (χ4v) is 6.47. The van der Waals surface area contributed by atoms with Gasteiger partial charge in [-0.25, -0.2) is 8.78 Å². The number of hydrogen-bond donors (Lipinski definition) is 0. The number of nitriles is 2. The third-order valence-electron chi connectivity index (χ3n) is 8.63. The van der Waals surface area contributed by atoms with Gasteiger partial charge in [-0.2, -0.15) is 46.9 Å². The van der Waals surface area contributed by atoms with Crippen LogP contribution in [0.15, 0.2) is 94.4 Å². The Balaban J connectivity index is 1.44. The van der Waals surface area contributed by atoms with Crippen molar-refractivity contribution in [3.63, 3.8) is 0 Å². The van der Waals surface area contributed by atoms with Gasteiger partial charge in [0.05, 0.1) is 21.9 Å². The minimum Gasteiger partial charge on any atom is -0.242 e. The Labute approximate surface area is 264 Å². The van der Waals surface area contributed by atoms with Gasteiger partial charge in [0, 0.05) is 28.0 Å². The fraction of sp³-hybridized carbons (Fsp3) is 0.111. The molecule has 4 nitrogen and oxygen atoms in total. The van der Waals surface area contributed by atoms with E-state index in [2.05, 4.69) is 9.98 Å². The molecule has 1 unspecified atom stereocenters. The van der Waals surface area contributed by atoms with Crippen molar-refractivity contribution in [3.05, 3.63) is 112 Å². The molecule has 0 amide bonds. The monoisotopic (exact) mass is 656 g/mol. The van der Waals surface area contributed by atoms with E-state index in [9.17, 15) is 45.6 Å². The summed E-state index contributed by atoms with van der Waals surface area (Å²) in [6.45, 7) is 0. The summed E-state index contributed by atoms with van der Waals surface area (Å²) < 4.78 is 108. The average molecular weight is 657 g/mol. The molecule has 0 spiro atoms. The van der Waals surface area contributed by atoms with Gasteiger partial charge in [0.25, 0.3) is 0 Å². The van der Waals surface area contributed by atoms with Crippen LogP contribution in [-0.4, -0.2) is 12.3 Å². The molecule has 1 aliphatic carbocycles. The SMILES string of the molecule is N#CN=c1c2cc(C3=CC=C(C(F)(F)F)C(F)C3)ccc2c2cc3c(=NC#N)c4cc(-c5ccc(C(F)(F)F)c(F)c5)ccc4c3cc12. The Bertz CT molecular complexity index is 2620. The van der Waals surface area contributed by atoms with E-state index in [4.69, 9.17) is 0 Å². The molecule has 0 aliphatic heterocycles. The third kappa shape index (κ3) is 4.88. The van der Waals surface area contributed by atoms with Crippen LogP contribution in [0, 0.1) is 28.7 Å². The highest BCUT2D eigenvalue weighted by Crippen LogP contribution is 2.40. The van der Waals surface area contributed by atoms with Crippen LogP contribution in [0.3, 0.4) is 0 Å². The molecule has 236 valence electrons. The minimum absolute atomic E-state index is 0.184. The first kappa shape index (κ1) is 30.8. The second kappa shape index (κ2) is 10.8. The smallest absolute Gasteiger partial charge is 0.242 e. The Morgan fingerprint density at radius 3 is 1.58 bits per heavy atom. The summed E-state index contributed by atoms with van der Waals surface area (Å²) in [4.78, 5) is 8.08. The molecule has 0 fully saturated rings. The van der Waals surface area contributed by atoms with E-state index in [-0.39, 0.29) is 16.3 Å². The first-order chi connectivity index (χ1) is 22.8.